The Bertz CT molecular complexity index is 443. The molecule has 1 heterocycles. The van der Waals surface area contributed by atoms with Crippen molar-refractivity contribution >= 4 is 5.84 Å². The van der Waals surface area contributed by atoms with E-state index in [4.69, 9.17) is 11.6 Å². The van der Waals surface area contributed by atoms with E-state index in [0.717, 1.165) is 17.1 Å². The first-order valence-electron chi connectivity index (χ1n) is 5.69. The number of nitrogens with zero attached hydrogens (tertiary/aromatic N) is 3. The minimum Gasteiger partial charge on any atom is -0.380 e. The van der Waals surface area contributed by atoms with Crippen LogP contribution in [-0.4, -0.2) is 23.0 Å². The fourth-order valence-electron chi connectivity index (χ4n) is 1.31. The summed E-state index contributed by atoms with van der Waals surface area (Å²) >= 11 is 0. The molecule has 0 bridgehead atoms. The third kappa shape index (κ3) is 4.80. The summed E-state index contributed by atoms with van der Waals surface area (Å²) in [5.41, 5.74) is 7.47. The van der Waals surface area contributed by atoms with Crippen molar-refractivity contribution in [3.8, 4) is 0 Å². The molecule has 0 aliphatic rings. The predicted molar refractivity (Wildman–Crippen MR) is 74.6 cm³/mol. The highest BCUT2D eigenvalue weighted by atomic mass is 15.6. The van der Waals surface area contributed by atoms with Crippen molar-refractivity contribution in [2.45, 2.75) is 13.3 Å². The quantitative estimate of drug-likeness (QED) is 0.268. The van der Waals surface area contributed by atoms with Crippen LogP contribution in [0.3, 0.4) is 0 Å². The van der Waals surface area contributed by atoms with Crippen LogP contribution in [0.5, 0.6) is 0 Å². The van der Waals surface area contributed by atoms with Gasteiger partial charge in [0.05, 0.1) is 0 Å². The fourth-order valence-corrected chi connectivity index (χ4v) is 1.31. The summed E-state index contributed by atoms with van der Waals surface area (Å²) in [6.45, 7) is 1.98. The second kappa shape index (κ2) is 7.24. The first kappa shape index (κ1) is 13.9. The average molecular weight is 245 g/mol. The number of allylic oxidation sites excluding steroid dienone is 4. The molecule has 0 aliphatic heterocycles. The van der Waals surface area contributed by atoms with Crippen molar-refractivity contribution in [1.82, 2.24) is 10.1 Å². The van der Waals surface area contributed by atoms with Gasteiger partial charge in [-0.25, -0.2) is 11.0 Å². The highest BCUT2D eigenvalue weighted by molar-refractivity contribution is 5.95. The minimum absolute atomic E-state index is 0.302. The first-order chi connectivity index (χ1) is 8.63. The Kier molecular flexibility index (Phi) is 5.60. The summed E-state index contributed by atoms with van der Waals surface area (Å²) in [6, 6.07) is 3.81. The van der Waals surface area contributed by atoms with E-state index in [1.807, 2.05) is 37.3 Å². The Morgan fingerprint density at radius 3 is 2.78 bits per heavy atom. The molecule has 1 rings (SSSR count). The second-order valence-electron chi connectivity index (χ2n) is 3.77. The lowest BCUT2D eigenvalue weighted by atomic mass is 10.2. The van der Waals surface area contributed by atoms with Gasteiger partial charge in [0, 0.05) is 13.2 Å². The van der Waals surface area contributed by atoms with Crippen LogP contribution in [-0.2, 0) is 6.42 Å². The summed E-state index contributed by atoms with van der Waals surface area (Å²) in [7, 11) is 1.60. The molecule has 18 heavy (non-hydrogen) atoms. The van der Waals surface area contributed by atoms with Crippen LogP contribution in [0.4, 0.5) is 0 Å². The summed E-state index contributed by atoms with van der Waals surface area (Å²) in [5, 5.41) is 5.04. The molecule has 96 valence electrons. The van der Waals surface area contributed by atoms with Gasteiger partial charge in [-0.15, -0.1) is 5.10 Å². The van der Waals surface area contributed by atoms with Crippen LogP contribution < -0.4 is 11.6 Å². The number of rotatable bonds is 5. The molecule has 0 aromatic carbocycles. The van der Waals surface area contributed by atoms with Crippen LogP contribution in [0.2, 0.25) is 0 Å². The van der Waals surface area contributed by atoms with Crippen LogP contribution in [0.15, 0.2) is 47.7 Å². The van der Waals surface area contributed by atoms with Crippen molar-refractivity contribution in [3.63, 3.8) is 0 Å². The number of hydrazone groups is 1. The number of hydrogen-bond acceptors (Lipinski definition) is 4. The maximum atomic E-state index is 5.73. The molecule has 0 aliphatic carbocycles. The topological polar surface area (TPSA) is 80.5 Å². The van der Waals surface area contributed by atoms with Crippen molar-refractivity contribution in [1.29, 1.82) is 0 Å². The zero-order valence-electron chi connectivity index (χ0n) is 10.7. The number of hydrogen-bond donors (Lipinski definition) is 2. The molecular weight excluding hydrogens is 226 g/mol. The summed E-state index contributed by atoms with van der Waals surface area (Å²) in [4.78, 5) is 4.24. The lowest BCUT2D eigenvalue weighted by molar-refractivity contribution is 0.371. The fraction of sp³-hybridized carbons (Fsp3) is 0.231. The van der Waals surface area contributed by atoms with Crippen LogP contribution in [0.1, 0.15) is 18.2 Å². The number of hydrazine groups is 1. The van der Waals surface area contributed by atoms with Crippen molar-refractivity contribution in [3.05, 3.63) is 53.9 Å². The molecule has 0 radical (unpaired) electrons. The van der Waals surface area contributed by atoms with E-state index in [1.165, 1.54) is 0 Å². The molecule has 0 unspecified atom stereocenters. The molecule has 5 nitrogen and oxygen atoms in total. The highest BCUT2D eigenvalue weighted by Gasteiger charge is 2.00. The van der Waals surface area contributed by atoms with E-state index in [0.29, 0.717) is 11.5 Å². The summed E-state index contributed by atoms with van der Waals surface area (Å²) in [5.74, 6) is 5.68. The summed E-state index contributed by atoms with van der Waals surface area (Å²) < 4.78 is 0. The van der Waals surface area contributed by atoms with E-state index in [9.17, 15) is 0 Å². The van der Waals surface area contributed by atoms with E-state index in [-0.39, 0.29) is 0 Å². The molecular formula is C13H19N5. The standard InChI is InChI=1S/C13H19N5/c1-3-4-5-6-7-11-8-9-12(16-10-11)13(14)17-18(2)15/h3-6,8-10H,7,15H2,1-2H3,(H2,14,17)/b4-3-,6-5-. The third-order valence-electron chi connectivity index (χ3n) is 2.15. The molecule has 0 spiro atoms. The maximum Gasteiger partial charge on any atom is 0.171 e. The van der Waals surface area contributed by atoms with E-state index < -0.39 is 0 Å². The SMILES string of the molecule is C/C=C\C=C/Cc1ccc(/C(N)=N/N(C)N)nc1. The average Bonchev–Trinajstić information content (AvgIpc) is 2.34. The van der Waals surface area contributed by atoms with Gasteiger partial charge in [-0.2, -0.15) is 0 Å². The van der Waals surface area contributed by atoms with Crippen molar-refractivity contribution in [2.75, 3.05) is 7.05 Å². The van der Waals surface area contributed by atoms with Gasteiger partial charge in [0.25, 0.3) is 0 Å². The van der Waals surface area contributed by atoms with Crippen molar-refractivity contribution < 1.29 is 0 Å². The van der Waals surface area contributed by atoms with E-state index in [2.05, 4.69) is 16.2 Å². The molecule has 4 N–H and O–H groups in total. The van der Waals surface area contributed by atoms with Crippen LogP contribution in [0.25, 0.3) is 0 Å². The van der Waals surface area contributed by atoms with Gasteiger partial charge in [0.2, 0.25) is 0 Å². The smallest absolute Gasteiger partial charge is 0.171 e. The maximum absolute atomic E-state index is 5.73. The Hall–Kier alpha value is -2.14. The van der Waals surface area contributed by atoms with Gasteiger partial charge in [-0.3, -0.25) is 4.98 Å². The Balaban J connectivity index is 2.68. The molecule has 0 amide bonds. The van der Waals surface area contributed by atoms with E-state index >= 15 is 0 Å². The van der Waals surface area contributed by atoms with Crippen LogP contribution in [0, 0.1) is 0 Å². The van der Waals surface area contributed by atoms with Crippen LogP contribution >= 0.6 is 0 Å². The third-order valence-corrected chi connectivity index (χ3v) is 2.15. The van der Waals surface area contributed by atoms with E-state index in [1.54, 1.807) is 13.2 Å². The minimum atomic E-state index is 0.302. The Labute approximate surface area is 107 Å². The molecule has 0 saturated heterocycles. The molecule has 1 aromatic heterocycles. The largest absolute Gasteiger partial charge is 0.380 e. The number of aromatic nitrogens is 1. The first-order valence-corrected chi connectivity index (χ1v) is 5.69. The predicted octanol–water partition coefficient (Wildman–Crippen LogP) is 1.18. The molecule has 0 fully saturated rings. The lowest BCUT2D eigenvalue weighted by Gasteiger charge is -2.06. The number of pyridine rings is 1. The van der Waals surface area contributed by atoms with Gasteiger partial charge in [0.15, 0.2) is 5.84 Å². The lowest BCUT2D eigenvalue weighted by Crippen LogP contribution is -2.26. The summed E-state index contributed by atoms with van der Waals surface area (Å²) in [6.07, 6.45) is 10.7. The van der Waals surface area contributed by atoms with Gasteiger partial charge in [-0.05, 0) is 25.0 Å². The highest BCUT2D eigenvalue weighted by Crippen LogP contribution is 2.02. The van der Waals surface area contributed by atoms with Gasteiger partial charge in [-0.1, -0.05) is 30.4 Å². The molecule has 1 aromatic rings. The Morgan fingerprint density at radius 1 is 1.44 bits per heavy atom. The molecule has 0 atom stereocenters. The number of nitrogens with two attached hydrogens (primary N) is 2. The van der Waals surface area contributed by atoms with Gasteiger partial charge < -0.3 is 5.73 Å². The second-order valence-corrected chi connectivity index (χ2v) is 3.77. The Morgan fingerprint density at radius 2 is 2.22 bits per heavy atom. The zero-order valence-corrected chi connectivity index (χ0v) is 10.7. The number of amidine groups is 1. The molecule has 5 heteroatoms. The normalized spacial score (nSPS) is 12.5. The molecule has 0 saturated carbocycles. The van der Waals surface area contributed by atoms with Gasteiger partial charge >= 0.3 is 0 Å². The monoisotopic (exact) mass is 245 g/mol. The van der Waals surface area contributed by atoms with Gasteiger partial charge in [0.1, 0.15) is 5.69 Å². The van der Waals surface area contributed by atoms with Crippen molar-refractivity contribution in [2.24, 2.45) is 16.7 Å². The zero-order chi connectivity index (χ0) is 13.4.